The highest BCUT2D eigenvalue weighted by Gasteiger charge is 2.11. The summed E-state index contributed by atoms with van der Waals surface area (Å²) in [5.41, 5.74) is 1.66. The first-order chi connectivity index (χ1) is 10.1. The summed E-state index contributed by atoms with van der Waals surface area (Å²) < 4.78 is 5.52. The topological polar surface area (TPSA) is 29.5 Å². The molecule has 1 unspecified atom stereocenters. The fourth-order valence-electron chi connectivity index (χ4n) is 2.03. The highest BCUT2D eigenvalue weighted by atomic mass is 35.5. The minimum absolute atomic E-state index is 0.425. The van der Waals surface area contributed by atoms with Gasteiger partial charge in [-0.05, 0) is 47.9 Å². The lowest BCUT2D eigenvalue weighted by Gasteiger charge is -2.13. The van der Waals surface area contributed by atoms with E-state index in [9.17, 15) is 5.11 Å². The predicted molar refractivity (Wildman–Crippen MR) is 87.4 cm³/mol. The SMILES string of the molecule is CCCOc1ccc(C(O)Cc2cc(Cl)ccc2Cl)cc1. The van der Waals surface area contributed by atoms with Gasteiger partial charge in [0.15, 0.2) is 0 Å². The van der Waals surface area contributed by atoms with Gasteiger partial charge in [-0.3, -0.25) is 0 Å². The van der Waals surface area contributed by atoms with E-state index in [1.54, 1.807) is 18.2 Å². The van der Waals surface area contributed by atoms with Crippen molar-refractivity contribution < 1.29 is 9.84 Å². The Bertz CT molecular complexity index is 582. The number of hydrogen-bond donors (Lipinski definition) is 1. The average Bonchev–Trinajstić information content (AvgIpc) is 2.49. The van der Waals surface area contributed by atoms with Crippen LogP contribution < -0.4 is 4.74 Å². The second kappa shape index (κ2) is 7.69. The van der Waals surface area contributed by atoms with Gasteiger partial charge in [-0.15, -0.1) is 0 Å². The van der Waals surface area contributed by atoms with Crippen molar-refractivity contribution in [2.45, 2.75) is 25.9 Å². The van der Waals surface area contributed by atoms with Gasteiger partial charge < -0.3 is 9.84 Å². The fourth-order valence-corrected chi connectivity index (χ4v) is 2.42. The van der Waals surface area contributed by atoms with Crippen LogP contribution in [0.25, 0.3) is 0 Å². The first-order valence-electron chi connectivity index (χ1n) is 6.95. The molecule has 1 atom stereocenters. The molecular formula is C17H18Cl2O2. The minimum Gasteiger partial charge on any atom is -0.494 e. The maximum atomic E-state index is 10.3. The smallest absolute Gasteiger partial charge is 0.119 e. The molecule has 0 aliphatic rings. The van der Waals surface area contributed by atoms with Crippen LogP contribution in [0, 0.1) is 0 Å². The van der Waals surface area contributed by atoms with Crippen molar-refractivity contribution in [3.8, 4) is 5.75 Å². The van der Waals surface area contributed by atoms with Crippen LogP contribution in [0.4, 0.5) is 0 Å². The molecule has 1 N–H and O–H groups in total. The lowest BCUT2D eigenvalue weighted by molar-refractivity contribution is 0.178. The van der Waals surface area contributed by atoms with Gasteiger partial charge in [0.2, 0.25) is 0 Å². The second-order valence-corrected chi connectivity index (χ2v) is 5.72. The van der Waals surface area contributed by atoms with Crippen LogP contribution >= 0.6 is 23.2 Å². The van der Waals surface area contributed by atoms with E-state index in [-0.39, 0.29) is 0 Å². The molecule has 112 valence electrons. The highest BCUT2D eigenvalue weighted by molar-refractivity contribution is 6.33. The molecular weight excluding hydrogens is 307 g/mol. The van der Waals surface area contributed by atoms with Gasteiger partial charge in [-0.2, -0.15) is 0 Å². The van der Waals surface area contributed by atoms with Crippen molar-refractivity contribution >= 4 is 23.2 Å². The van der Waals surface area contributed by atoms with E-state index in [0.29, 0.717) is 23.1 Å². The molecule has 0 bridgehead atoms. The molecule has 2 rings (SSSR count). The largest absolute Gasteiger partial charge is 0.494 e. The van der Waals surface area contributed by atoms with E-state index >= 15 is 0 Å². The molecule has 0 aliphatic heterocycles. The third kappa shape index (κ3) is 4.63. The zero-order chi connectivity index (χ0) is 15.2. The molecule has 21 heavy (non-hydrogen) atoms. The Labute approximate surface area is 135 Å². The Balaban J connectivity index is 2.05. The number of rotatable bonds is 6. The van der Waals surface area contributed by atoms with E-state index in [1.165, 1.54) is 0 Å². The van der Waals surface area contributed by atoms with Gasteiger partial charge in [-0.25, -0.2) is 0 Å². The first kappa shape index (κ1) is 16.2. The van der Waals surface area contributed by atoms with Crippen LogP contribution in [0.2, 0.25) is 10.0 Å². The summed E-state index contributed by atoms with van der Waals surface area (Å²) >= 11 is 12.1. The van der Waals surface area contributed by atoms with Gasteiger partial charge >= 0.3 is 0 Å². The second-order valence-electron chi connectivity index (χ2n) is 4.87. The molecule has 0 amide bonds. The lowest BCUT2D eigenvalue weighted by atomic mass is 10.0. The molecule has 0 aliphatic carbocycles. The Kier molecular flexibility index (Phi) is 5.92. The number of aliphatic hydroxyl groups is 1. The van der Waals surface area contributed by atoms with Gasteiger partial charge in [0, 0.05) is 16.5 Å². The lowest BCUT2D eigenvalue weighted by Crippen LogP contribution is -2.03. The van der Waals surface area contributed by atoms with Crippen LogP contribution in [-0.4, -0.2) is 11.7 Å². The van der Waals surface area contributed by atoms with Crippen LogP contribution in [0.1, 0.15) is 30.6 Å². The summed E-state index contributed by atoms with van der Waals surface area (Å²) in [6.07, 6.45) is 0.771. The van der Waals surface area contributed by atoms with Crippen LogP contribution in [-0.2, 0) is 6.42 Å². The van der Waals surface area contributed by atoms with Crippen molar-refractivity contribution in [1.29, 1.82) is 0 Å². The van der Waals surface area contributed by atoms with E-state index in [2.05, 4.69) is 6.92 Å². The van der Waals surface area contributed by atoms with Crippen molar-refractivity contribution in [3.05, 3.63) is 63.6 Å². The Morgan fingerprint density at radius 1 is 1.10 bits per heavy atom. The molecule has 0 saturated heterocycles. The molecule has 2 nitrogen and oxygen atoms in total. The van der Waals surface area contributed by atoms with Crippen LogP contribution in [0.15, 0.2) is 42.5 Å². The Morgan fingerprint density at radius 2 is 1.81 bits per heavy atom. The van der Waals surface area contributed by atoms with E-state index < -0.39 is 6.10 Å². The summed E-state index contributed by atoms with van der Waals surface area (Å²) in [5, 5.41) is 11.5. The maximum absolute atomic E-state index is 10.3. The summed E-state index contributed by atoms with van der Waals surface area (Å²) in [7, 11) is 0. The van der Waals surface area contributed by atoms with E-state index in [1.807, 2.05) is 24.3 Å². The third-order valence-electron chi connectivity index (χ3n) is 3.16. The number of aliphatic hydroxyl groups excluding tert-OH is 1. The molecule has 2 aromatic rings. The number of halogens is 2. The third-order valence-corrected chi connectivity index (χ3v) is 3.76. The summed E-state index contributed by atoms with van der Waals surface area (Å²) in [6.45, 7) is 2.76. The normalized spacial score (nSPS) is 12.2. The van der Waals surface area contributed by atoms with Crippen molar-refractivity contribution in [3.63, 3.8) is 0 Å². The molecule has 0 saturated carbocycles. The van der Waals surface area contributed by atoms with Gasteiger partial charge in [0.25, 0.3) is 0 Å². The molecule has 0 heterocycles. The molecule has 0 fully saturated rings. The van der Waals surface area contributed by atoms with Crippen molar-refractivity contribution in [2.24, 2.45) is 0 Å². The zero-order valence-corrected chi connectivity index (χ0v) is 13.4. The van der Waals surface area contributed by atoms with Crippen molar-refractivity contribution in [1.82, 2.24) is 0 Å². The Morgan fingerprint density at radius 3 is 2.48 bits per heavy atom. The monoisotopic (exact) mass is 324 g/mol. The van der Waals surface area contributed by atoms with Crippen LogP contribution in [0.5, 0.6) is 5.75 Å². The molecule has 4 heteroatoms. The fraction of sp³-hybridized carbons (Fsp3) is 0.294. The first-order valence-corrected chi connectivity index (χ1v) is 7.70. The maximum Gasteiger partial charge on any atom is 0.119 e. The highest BCUT2D eigenvalue weighted by Crippen LogP contribution is 2.27. The van der Waals surface area contributed by atoms with Gasteiger partial charge in [-0.1, -0.05) is 42.3 Å². The molecule has 2 aromatic carbocycles. The van der Waals surface area contributed by atoms with Gasteiger partial charge in [0.05, 0.1) is 12.7 Å². The Hall–Kier alpha value is -1.22. The molecule has 0 spiro atoms. The summed E-state index contributed by atoms with van der Waals surface area (Å²) in [6, 6.07) is 12.7. The number of hydrogen-bond acceptors (Lipinski definition) is 2. The molecule has 0 aromatic heterocycles. The average molecular weight is 325 g/mol. The predicted octanol–water partition coefficient (Wildman–Crippen LogP) is 5.06. The molecule has 0 radical (unpaired) electrons. The van der Waals surface area contributed by atoms with E-state index in [0.717, 1.165) is 23.3 Å². The summed E-state index contributed by atoms with van der Waals surface area (Å²) in [5.74, 6) is 0.814. The number of benzene rings is 2. The minimum atomic E-state index is -0.624. The number of ether oxygens (including phenoxy) is 1. The van der Waals surface area contributed by atoms with Gasteiger partial charge in [0.1, 0.15) is 5.75 Å². The van der Waals surface area contributed by atoms with Crippen molar-refractivity contribution in [2.75, 3.05) is 6.61 Å². The quantitative estimate of drug-likeness (QED) is 0.804. The standard InChI is InChI=1S/C17H18Cl2O2/c1-2-9-21-15-6-3-12(4-7-15)17(20)11-13-10-14(18)5-8-16(13)19/h3-8,10,17,20H,2,9,11H2,1H3. The summed E-state index contributed by atoms with van der Waals surface area (Å²) in [4.78, 5) is 0. The van der Waals surface area contributed by atoms with Crippen LogP contribution in [0.3, 0.4) is 0 Å². The zero-order valence-electron chi connectivity index (χ0n) is 11.9. The van der Waals surface area contributed by atoms with E-state index in [4.69, 9.17) is 27.9 Å².